The normalized spacial score (nSPS) is 11.5. The van der Waals surface area contributed by atoms with Crippen molar-refractivity contribution in [1.29, 1.82) is 0 Å². The number of rotatable bonds is 11. The molecule has 0 aliphatic heterocycles. The van der Waals surface area contributed by atoms with Crippen molar-refractivity contribution in [2.24, 2.45) is 0 Å². The molecule has 0 spiro atoms. The highest BCUT2D eigenvalue weighted by atomic mass is 32.2. The van der Waals surface area contributed by atoms with Crippen LogP contribution in [0.25, 0.3) is 10.2 Å². The number of sulfonamides is 1. The molecule has 10 heteroatoms. The third-order valence-corrected chi connectivity index (χ3v) is 8.26. The first-order valence-corrected chi connectivity index (χ1v) is 13.2. The van der Waals surface area contributed by atoms with E-state index in [4.69, 9.17) is 9.15 Å². The van der Waals surface area contributed by atoms with Crippen molar-refractivity contribution in [1.82, 2.24) is 9.29 Å². The van der Waals surface area contributed by atoms with Gasteiger partial charge in [-0.2, -0.15) is 4.31 Å². The highest BCUT2D eigenvalue weighted by Crippen LogP contribution is 2.33. The summed E-state index contributed by atoms with van der Waals surface area (Å²) < 4.78 is 38.9. The number of furan rings is 1. The maximum Gasteiger partial charge on any atom is 0.260 e. The van der Waals surface area contributed by atoms with Gasteiger partial charge in [0.25, 0.3) is 5.91 Å². The standard InChI is InChI=1S/C26H25N3O5S2/c1-4-14-28(15-5-2)36(31,32)22-11-8-19(9-12-22)25(30)29(18-21-7-6-16-34-21)26-27-23-17-20(33-3)10-13-24(23)35-26/h4-13,16-17H,1-2,14-15,18H2,3H3. The van der Waals surface area contributed by atoms with Crippen LogP contribution in [0.5, 0.6) is 5.75 Å². The van der Waals surface area contributed by atoms with Crippen LogP contribution < -0.4 is 9.64 Å². The number of carbonyl (C=O) groups is 1. The fourth-order valence-corrected chi connectivity index (χ4v) is 5.88. The second kappa shape index (κ2) is 10.9. The van der Waals surface area contributed by atoms with Crippen LogP contribution in [0.4, 0.5) is 5.13 Å². The van der Waals surface area contributed by atoms with Gasteiger partial charge in [0.1, 0.15) is 11.5 Å². The Balaban J connectivity index is 1.67. The Kier molecular flexibility index (Phi) is 7.68. The molecule has 0 aliphatic rings. The highest BCUT2D eigenvalue weighted by molar-refractivity contribution is 7.89. The summed E-state index contributed by atoms with van der Waals surface area (Å²) >= 11 is 1.37. The Bertz CT molecular complexity index is 1470. The average molecular weight is 524 g/mol. The molecule has 0 saturated heterocycles. The maximum absolute atomic E-state index is 13.6. The molecule has 36 heavy (non-hydrogen) atoms. The summed E-state index contributed by atoms with van der Waals surface area (Å²) in [5.41, 5.74) is 1.02. The Labute approximate surface area is 213 Å². The number of thiazole rings is 1. The summed E-state index contributed by atoms with van der Waals surface area (Å²) in [5.74, 6) is 0.918. The Morgan fingerprint density at radius 2 is 1.83 bits per heavy atom. The SMILES string of the molecule is C=CCN(CC=C)S(=O)(=O)c1ccc(C(=O)N(Cc2ccco2)c2nc3cc(OC)ccc3s2)cc1. The molecule has 0 aliphatic carbocycles. The minimum Gasteiger partial charge on any atom is -0.497 e. The highest BCUT2D eigenvalue weighted by Gasteiger charge is 2.26. The lowest BCUT2D eigenvalue weighted by Crippen LogP contribution is -2.32. The van der Waals surface area contributed by atoms with Crippen LogP contribution in [-0.4, -0.2) is 43.8 Å². The van der Waals surface area contributed by atoms with Gasteiger partial charge in [0.15, 0.2) is 5.13 Å². The number of benzene rings is 2. The summed E-state index contributed by atoms with van der Waals surface area (Å²) in [5, 5.41) is 0.486. The first-order valence-electron chi connectivity index (χ1n) is 11.0. The molecule has 0 radical (unpaired) electrons. The summed E-state index contributed by atoms with van der Waals surface area (Å²) in [6.45, 7) is 7.70. The van der Waals surface area contributed by atoms with Crippen molar-refractivity contribution in [2.75, 3.05) is 25.1 Å². The van der Waals surface area contributed by atoms with Crippen LogP contribution in [0.2, 0.25) is 0 Å². The van der Waals surface area contributed by atoms with Gasteiger partial charge in [0.05, 0.1) is 35.0 Å². The Morgan fingerprint density at radius 3 is 2.44 bits per heavy atom. The monoisotopic (exact) mass is 523 g/mol. The first-order chi connectivity index (χ1) is 17.4. The van der Waals surface area contributed by atoms with Crippen LogP contribution in [0, 0.1) is 0 Å². The second-order valence-corrected chi connectivity index (χ2v) is 10.7. The zero-order chi connectivity index (χ0) is 25.7. The predicted molar refractivity (Wildman–Crippen MR) is 141 cm³/mol. The van der Waals surface area contributed by atoms with Gasteiger partial charge in [0, 0.05) is 24.7 Å². The Hall–Kier alpha value is -3.73. The van der Waals surface area contributed by atoms with Crippen molar-refractivity contribution >= 4 is 42.6 Å². The lowest BCUT2D eigenvalue weighted by molar-refractivity contribution is 0.0983. The van der Waals surface area contributed by atoms with E-state index in [9.17, 15) is 13.2 Å². The van der Waals surface area contributed by atoms with E-state index in [1.807, 2.05) is 18.2 Å². The number of hydrogen-bond acceptors (Lipinski definition) is 7. The number of amides is 1. The van der Waals surface area contributed by atoms with Crippen molar-refractivity contribution in [3.05, 3.63) is 97.5 Å². The number of ether oxygens (including phenoxy) is 1. The van der Waals surface area contributed by atoms with Crippen LogP contribution in [-0.2, 0) is 16.6 Å². The van der Waals surface area contributed by atoms with Gasteiger partial charge in [-0.15, -0.1) is 13.2 Å². The molecule has 0 unspecified atom stereocenters. The summed E-state index contributed by atoms with van der Waals surface area (Å²) in [4.78, 5) is 19.9. The number of aromatic nitrogens is 1. The smallest absolute Gasteiger partial charge is 0.260 e. The van der Waals surface area contributed by atoms with Crippen molar-refractivity contribution < 1.29 is 22.4 Å². The minimum absolute atomic E-state index is 0.0763. The number of methoxy groups -OCH3 is 1. The first kappa shape index (κ1) is 25.4. The van der Waals surface area contributed by atoms with E-state index >= 15 is 0 Å². The van der Waals surface area contributed by atoms with Crippen LogP contribution in [0.3, 0.4) is 0 Å². The van der Waals surface area contributed by atoms with E-state index in [1.165, 1.54) is 57.0 Å². The molecular formula is C26H25N3O5S2. The van der Waals surface area contributed by atoms with Gasteiger partial charge < -0.3 is 9.15 Å². The van der Waals surface area contributed by atoms with Crippen LogP contribution >= 0.6 is 11.3 Å². The van der Waals surface area contributed by atoms with E-state index in [0.29, 0.717) is 27.7 Å². The lowest BCUT2D eigenvalue weighted by Gasteiger charge is -2.20. The molecule has 2 heterocycles. The van der Waals surface area contributed by atoms with E-state index in [0.717, 1.165) is 4.70 Å². The molecule has 4 aromatic rings. The number of nitrogens with zero attached hydrogens (tertiary/aromatic N) is 3. The van der Waals surface area contributed by atoms with Gasteiger partial charge in [-0.05, 0) is 48.5 Å². The zero-order valence-corrected chi connectivity index (χ0v) is 21.3. The fraction of sp³-hybridized carbons (Fsp3) is 0.154. The van der Waals surface area contributed by atoms with E-state index in [1.54, 1.807) is 25.5 Å². The molecule has 0 saturated carbocycles. The van der Waals surface area contributed by atoms with Crippen molar-refractivity contribution in [3.8, 4) is 5.75 Å². The summed E-state index contributed by atoms with van der Waals surface area (Å²) in [6.07, 6.45) is 4.57. The van der Waals surface area contributed by atoms with Crippen LogP contribution in [0.1, 0.15) is 16.1 Å². The lowest BCUT2D eigenvalue weighted by atomic mass is 10.2. The van der Waals surface area contributed by atoms with Gasteiger partial charge in [-0.1, -0.05) is 23.5 Å². The topological polar surface area (TPSA) is 93.0 Å². The van der Waals surface area contributed by atoms with Crippen LogP contribution in [0.15, 0.2) is 95.5 Å². The summed E-state index contributed by atoms with van der Waals surface area (Å²) in [6, 6.07) is 14.9. The van der Waals surface area contributed by atoms with Crippen molar-refractivity contribution in [2.45, 2.75) is 11.4 Å². The average Bonchev–Trinajstić information content (AvgIpc) is 3.56. The van der Waals surface area contributed by atoms with E-state index in [2.05, 4.69) is 18.1 Å². The second-order valence-electron chi connectivity index (χ2n) is 7.72. The van der Waals surface area contributed by atoms with E-state index < -0.39 is 10.0 Å². The molecule has 1 amide bonds. The molecular weight excluding hydrogens is 498 g/mol. The molecule has 8 nitrogen and oxygen atoms in total. The molecule has 0 N–H and O–H groups in total. The number of hydrogen-bond donors (Lipinski definition) is 0. The number of carbonyl (C=O) groups excluding carboxylic acids is 1. The van der Waals surface area contributed by atoms with E-state index in [-0.39, 0.29) is 30.4 Å². The fourth-order valence-electron chi connectivity index (χ4n) is 3.56. The summed E-state index contributed by atoms with van der Waals surface area (Å²) in [7, 11) is -2.19. The number of fused-ring (bicyclic) bond motifs is 1. The molecule has 0 fully saturated rings. The van der Waals surface area contributed by atoms with Crippen molar-refractivity contribution in [3.63, 3.8) is 0 Å². The molecule has 2 aromatic carbocycles. The van der Waals surface area contributed by atoms with Gasteiger partial charge in [0.2, 0.25) is 10.0 Å². The minimum atomic E-state index is -3.78. The van der Waals surface area contributed by atoms with Gasteiger partial charge in [-0.25, -0.2) is 13.4 Å². The quantitative estimate of drug-likeness (QED) is 0.254. The molecule has 0 atom stereocenters. The zero-order valence-electron chi connectivity index (χ0n) is 19.7. The van der Waals surface area contributed by atoms with Gasteiger partial charge >= 0.3 is 0 Å². The molecule has 4 rings (SSSR count). The van der Waals surface area contributed by atoms with Gasteiger partial charge in [-0.3, -0.25) is 9.69 Å². The number of anilines is 1. The maximum atomic E-state index is 13.6. The Morgan fingerprint density at radius 1 is 1.11 bits per heavy atom. The molecule has 0 bridgehead atoms. The third-order valence-electron chi connectivity index (χ3n) is 5.36. The molecule has 186 valence electrons. The molecule has 2 aromatic heterocycles. The predicted octanol–water partition coefficient (Wildman–Crippen LogP) is 5.11. The third kappa shape index (κ3) is 5.25. The largest absolute Gasteiger partial charge is 0.497 e.